The lowest BCUT2D eigenvalue weighted by molar-refractivity contribution is -0.0430. The van der Waals surface area contributed by atoms with E-state index in [2.05, 4.69) is 0 Å². The van der Waals surface area contributed by atoms with Gasteiger partial charge in [-0.15, -0.1) is 0 Å². The molecule has 0 radical (unpaired) electrons. The zero-order chi connectivity index (χ0) is 14.0. The summed E-state index contributed by atoms with van der Waals surface area (Å²) in [6.45, 7) is -0.0497. The van der Waals surface area contributed by atoms with E-state index in [1.807, 2.05) is 4.98 Å². The quantitative estimate of drug-likeness (QED) is 0.499. The maximum absolute atomic E-state index is 11.6. The zero-order valence-electron chi connectivity index (χ0n) is 10.1. The average Bonchev–Trinajstić information content (AvgIpc) is 2.64. The number of aromatic amines is 1. The van der Waals surface area contributed by atoms with Crippen LogP contribution in [0.4, 0.5) is 0 Å². The second-order valence-electron chi connectivity index (χ2n) is 4.43. The van der Waals surface area contributed by atoms with Crippen molar-refractivity contribution in [2.75, 3.05) is 6.61 Å². The molecular weight excluding hydrogens is 256 g/mol. The molecule has 1 aromatic heterocycles. The first-order valence-corrected chi connectivity index (χ1v) is 5.98. The Morgan fingerprint density at radius 1 is 1.32 bits per heavy atom. The molecule has 0 aromatic carbocycles. The molecule has 4 N–H and O–H groups in total. The summed E-state index contributed by atoms with van der Waals surface area (Å²) in [5, 5.41) is 28.4. The Morgan fingerprint density at radius 2 is 2.05 bits per heavy atom. The number of aromatic nitrogens is 2. The lowest BCUT2D eigenvalue weighted by atomic mass is 10.1. The van der Waals surface area contributed by atoms with Crippen molar-refractivity contribution in [3.63, 3.8) is 0 Å². The average molecular weight is 272 g/mol. The van der Waals surface area contributed by atoms with Crippen LogP contribution in [0.15, 0.2) is 21.9 Å². The van der Waals surface area contributed by atoms with E-state index in [1.54, 1.807) is 0 Å². The van der Waals surface area contributed by atoms with Crippen LogP contribution in [0.3, 0.4) is 0 Å². The van der Waals surface area contributed by atoms with Crippen molar-refractivity contribution in [3.8, 4) is 0 Å². The van der Waals surface area contributed by atoms with Crippen LogP contribution in [0.1, 0.15) is 19.1 Å². The van der Waals surface area contributed by atoms with Crippen LogP contribution in [0.5, 0.6) is 0 Å². The van der Waals surface area contributed by atoms with Crippen LogP contribution in [-0.4, -0.2) is 49.8 Å². The number of aliphatic hydroxyl groups is 3. The summed E-state index contributed by atoms with van der Waals surface area (Å²) in [6, 6.07) is 1.13. The van der Waals surface area contributed by atoms with Gasteiger partial charge in [-0.1, -0.05) is 0 Å². The molecule has 0 saturated carbocycles. The molecule has 1 saturated heterocycles. The van der Waals surface area contributed by atoms with Gasteiger partial charge in [0.2, 0.25) is 0 Å². The minimum Gasteiger partial charge on any atom is -0.396 e. The Hall–Kier alpha value is -1.48. The van der Waals surface area contributed by atoms with E-state index in [4.69, 9.17) is 9.84 Å². The summed E-state index contributed by atoms with van der Waals surface area (Å²) < 4.78 is 6.45. The Kier molecular flexibility index (Phi) is 4.15. The number of ether oxygens (including phenoxy) is 1. The fourth-order valence-corrected chi connectivity index (χ4v) is 2.12. The van der Waals surface area contributed by atoms with Crippen molar-refractivity contribution in [3.05, 3.63) is 33.1 Å². The zero-order valence-corrected chi connectivity index (χ0v) is 10.1. The van der Waals surface area contributed by atoms with Crippen molar-refractivity contribution >= 4 is 0 Å². The van der Waals surface area contributed by atoms with Crippen LogP contribution in [0, 0.1) is 0 Å². The van der Waals surface area contributed by atoms with Crippen LogP contribution in [-0.2, 0) is 4.74 Å². The van der Waals surface area contributed by atoms with Crippen LogP contribution < -0.4 is 11.2 Å². The number of aliphatic hydroxyl groups excluding tert-OH is 3. The Morgan fingerprint density at radius 3 is 2.68 bits per heavy atom. The van der Waals surface area contributed by atoms with Gasteiger partial charge in [0, 0.05) is 18.9 Å². The summed E-state index contributed by atoms with van der Waals surface area (Å²) in [5.74, 6) is 0. The highest BCUT2D eigenvalue weighted by Gasteiger charge is 2.43. The van der Waals surface area contributed by atoms with E-state index in [1.165, 1.54) is 6.20 Å². The minimum absolute atomic E-state index is 0.0497. The molecule has 0 unspecified atom stereocenters. The molecule has 0 amide bonds. The first-order valence-electron chi connectivity index (χ1n) is 5.98. The van der Waals surface area contributed by atoms with E-state index < -0.39 is 35.8 Å². The minimum atomic E-state index is -1.27. The highest BCUT2D eigenvalue weighted by atomic mass is 16.6. The van der Waals surface area contributed by atoms with Gasteiger partial charge < -0.3 is 20.1 Å². The predicted molar refractivity (Wildman–Crippen MR) is 63.6 cm³/mol. The fourth-order valence-electron chi connectivity index (χ4n) is 2.12. The Labute approximate surface area is 107 Å². The molecule has 0 aliphatic carbocycles. The van der Waals surface area contributed by atoms with E-state index in [-0.39, 0.29) is 6.61 Å². The molecule has 1 aliphatic rings. The first-order chi connectivity index (χ1) is 9.04. The van der Waals surface area contributed by atoms with Crippen molar-refractivity contribution in [1.82, 2.24) is 9.55 Å². The third-order valence-electron chi connectivity index (χ3n) is 3.11. The number of nitrogens with one attached hydrogen (secondary N) is 1. The molecule has 0 spiro atoms. The molecule has 8 heteroatoms. The molecule has 4 atom stereocenters. The van der Waals surface area contributed by atoms with Gasteiger partial charge in [0.15, 0.2) is 6.23 Å². The molecule has 106 valence electrons. The molecule has 8 nitrogen and oxygen atoms in total. The van der Waals surface area contributed by atoms with Gasteiger partial charge in [-0.05, 0) is 12.8 Å². The van der Waals surface area contributed by atoms with E-state index in [0.717, 1.165) is 10.6 Å². The molecular formula is C11H16N2O6. The summed E-state index contributed by atoms with van der Waals surface area (Å²) in [5.41, 5.74) is -1.27. The summed E-state index contributed by atoms with van der Waals surface area (Å²) in [6.07, 6.45) is -2.14. The Balaban J connectivity index is 2.21. The number of hydrogen-bond donors (Lipinski definition) is 4. The molecule has 2 rings (SSSR count). The third-order valence-corrected chi connectivity index (χ3v) is 3.11. The molecule has 0 bridgehead atoms. The maximum Gasteiger partial charge on any atom is 0.330 e. The number of rotatable bonds is 4. The van der Waals surface area contributed by atoms with Gasteiger partial charge in [-0.2, -0.15) is 0 Å². The summed E-state index contributed by atoms with van der Waals surface area (Å²) in [4.78, 5) is 24.6. The molecule has 1 aliphatic heterocycles. The SMILES string of the molecule is O=c1ccn([C@@H]2O[C@H](CCCO)[C@@H](O)[C@H]2O)c(=O)[nH]1. The highest BCUT2D eigenvalue weighted by Crippen LogP contribution is 2.30. The van der Waals surface area contributed by atoms with Crippen LogP contribution >= 0.6 is 0 Å². The third kappa shape index (κ3) is 2.76. The first kappa shape index (κ1) is 13.9. The summed E-state index contributed by atoms with van der Waals surface area (Å²) >= 11 is 0. The maximum atomic E-state index is 11.6. The van der Waals surface area contributed by atoms with Gasteiger partial charge in [0.1, 0.15) is 12.2 Å². The van der Waals surface area contributed by atoms with Crippen LogP contribution in [0.25, 0.3) is 0 Å². The predicted octanol–water partition coefficient (Wildman–Crippen LogP) is -2.07. The topological polar surface area (TPSA) is 125 Å². The van der Waals surface area contributed by atoms with Crippen molar-refractivity contribution in [2.24, 2.45) is 0 Å². The molecule has 1 aromatic rings. The molecule has 19 heavy (non-hydrogen) atoms. The number of hydrogen-bond acceptors (Lipinski definition) is 6. The van der Waals surface area contributed by atoms with Crippen molar-refractivity contribution in [1.29, 1.82) is 0 Å². The lowest BCUT2D eigenvalue weighted by Gasteiger charge is -2.16. The van der Waals surface area contributed by atoms with E-state index in [9.17, 15) is 19.8 Å². The van der Waals surface area contributed by atoms with Crippen molar-refractivity contribution in [2.45, 2.75) is 37.4 Å². The summed E-state index contributed by atoms with van der Waals surface area (Å²) in [7, 11) is 0. The van der Waals surface area contributed by atoms with Gasteiger partial charge in [-0.25, -0.2) is 4.79 Å². The second kappa shape index (κ2) is 5.66. The smallest absolute Gasteiger partial charge is 0.330 e. The highest BCUT2D eigenvalue weighted by molar-refractivity contribution is 4.93. The fraction of sp³-hybridized carbons (Fsp3) is 0.636. The number of nitrogens with zero attached hydrogens (tertiary/aromatic N) is 1. The van der Waals surface area contributed by atoms with Crippen molar-refractivity contribution < 1.29 is 20.1 Å². The van der Waals surface area contributed by atoms with E-state index in [0.29, 0.717) is 12.8 Å². The Bertz CT molecular complexity index is 538. The van der Waals surface area contributed by atoms with Gasteiger partial charge in [0.05, 0.1) is 6.10 Å². The van der Waals surface area contributed by atoms with Gasteiger partial charge in [-0.3, -0.25) is 14.3 Å². The monoisotopic (exact) mass is 272 g/mol. The van der Waals surface area contributed by atoms with Crippen LogP contribution in [0.2, 0.25) is 0 Å². The molecule has 1 fully saturated rings. The normalized spacial score (nSPS) is 30.7. The lowest BCUT2D eigenvalue weighted by Crippen LogP contribution is -2.37. The van der Waals surface area contributed by atoms with Gasteiger partial charge >= 0.3 is 5.69 Å². The van der Waals surface area contributed by atoms with Gasteiger partial charge in [0.25, 0.3) is 5.56 Å². The largest absolute Gasteiger partial charge is 0.396 e. The molecule has 2 heterocycles. The standard InChI is InChI=1S/C11H16N2O6/c14-5-1-2-6-8(16)9(17)10(19-6)13-4-3-7(15)12-11(13)18/h3-4,6,8-10,14,16-17H,1-2,5H2,(H,12,15,18)/t6-,8-,9-,10-/m1/s1. The second-order valence-corrected chi connectivity index (χ2v) is 4.43. The van der Waals surface area contributed by atoms with E-state index >= 15 is 0 Å². The number of H-pyrrole nitrogens is 1.